The fourth-order valence-electron chi connectivity index (χ4n) is 2.23. The van der Waals surface area contributed by atoms with Crippen LogP contribution in [0.15, 0.2) is 48.5 Å². The molecule has 0 unspecified atom stereocenters. The second kappa shape index (κ2) is 4.89. The molecule has 4 heteroatoms. The van der Waals surface area contributed by atoms with Crippen molar-refractivity contribution in [2.24, 2.45) is 7.05 Å². The maximum Gasteiger partial charge on any atom is 0.128 e. The van der Waals surface area contributed by atoms with Crippen molar-refractivity contribution in [3.63, 3.8) is 0 Å². The fraction of sp³-hybridized carbons (Fsp3) is 0.125. The number of phenolic OH excluding ortho intramolecular Hbond substituents is 1. The summed E-state index contributed by atoms with van der Waals surface area (Å²) in [6.45, 7) is 0.357. The van der Waals surface area contributed by atoms with E-state index < -0.39 is 0 Å². The summed E-state index contributed by atoms with van der Waals surface area (Å²) in [4.78, 5) is 0. The zero-order chi connectivity index (χ0) is 14.1. The molecule has 0 spiro atoms. The van der Waals surface area contributed by atoms with E-state index in [0.29, 0.717) is 12.4 Å². The lowest BCUT2D eigenvalue weighted by molar-refractivity contribution is 0.297. The number of aromatic nitrogens is 1. The Morgan fingerprint density at radius 2 is 1.90 bits per heavy atom. The van der Waals surface area contributed by atoms with Crippen molar-refractivity contribution in [1.29, 1.82) is 0 Å². The predicted molar refractivity (Wildman–Crippen MR) is 75.3 cm³/mol. The van der Waals surface area contributed by atoms with Gasteiger partial charge in [0.25, 0.3) is 0 Å². The average Bonchev–Trinajstić information content (AvgIpc) is 2.77. The quantitative estimate of drug-likeness (QED) is 0.789. The lowest BCUT2D eigenvalue weighted by Gasteiger charge is -2.07. The van der Waals surface area contributed by atoms with Gasteiger partial charge in [-0.3, -0.25) is 0 Å². The molecule has 1 heterocycles. The molecule has 1 aromatic heterocycles. The molecule has 0 saturated carbocycles. The first kappa shape index (κ1) is 12.5. The lowest BCUT2D eigenvalue weighted by atomic mass is 10.2. The molecule has 1 N–H and O–H groups in total. The van der Waals surface area contributed by atoms with E-state index in [1.807, 2.05) is 29.8 Å². The highest BCUT2D eigenvalue weighted by Gasteiger charge is 2.09. The second-order valence-electron chi connectivity index (χ2n) is 4.65. The van der Waals surface area contributed by atoms with Crippen molar-refractivity contribution in [1.82, 2.24) is 4.57 Å². The Kier molecular flexibility index (Phi) is 3.06. The van der Waals surface area contributed by atoms with Crippen LogP contribution >= 0.6 is 0 Å². The molecule has 0 amide bonds. The Labute approximate surface area is 115 Å². The van der Waals surface area contributed by atoms with Gasteiger partial charge in [-0.2, -0.15) is 0 Å². The van der Waals surface area contributed by atoms with Crippen LogP contribution < -0.4 is 4.74 Å². The molecular weight excluding hydrogens is 257 g/mol. The predicted octanol–water partition coefficient (Wildman–Crippen LogP) is 3.60. The van der Waals surface area contributed by atoms with E-state index in [-0.39, 0.29) is 11.6 Å². The van der Waals surface area contributed by atoms with Crippen LogP contribution in [0.2, 0.25) is 0 Å². The third kappa shape index (κ3) is 2.20. The molecule has 0 bridgehead atoms. The molecule has 20 heavy (non-hydrogen) atoms. The Morgan fingerprint density at radius 1 is 1.15 bits per heavy atom. The number of aryl methyl sites for hydroxylation is 1. The molecule has 0 saturated heterocycles. The van der Waals surface area contributed by atoms with Crippen LogP contribution in [0.25, 0.3) is 10.9 Å². The van der Waals surface area contributed by atoms with Gasteiger partial charge in [-0.15, -0.1) is 0 Å². The molecule has 2 aromatic carbocycles. The number of phenols is 1. The van der Waals surface area contributed by atoms with Gasteiger partial charge in [0.2, 0.25) is 0 Å². The van der Waals surface area contributed by atoms with Crippen LogP contribution in [0.3, 0.4) is 0 Å². The van der Waals surface area contributed by atoms with E-state index in [2.05, 4.69) is 0 Å². The smallest absolute Gasteiger partial charge is 0.128 e. The van der Waals surface area contributed by atoms with Crippen LogP contribution in [0.4, 0.5) is 4.39 Å². The first-order valence-electron chi connectivity index (χ1n) is 6.30. The molecule has 0 aliphatic rings. The van der Waals surface area contributed by atoms with Gasteiger partial charge in [-0.25, -0.2) is 4.39 Å². The molecule has 3 rings (SSSR count). The third-order valence-corrected chi connectivity index (χ3v) is 3.36. The zero-order valence-corrected chi connectivity index (χ0v) is 11.0. The van der Waals surface area contributed by atoms with E-state index in [4.69, 9.17) is 4.74 Å². The van der Waals surface area contributed by atoms with E-state index in [1.165, 1.54) is 12.1 Å². The molecule has 3 nitrogen and oxygen atoms in total. The Morgan fingerprint density at radius 3 is 2.60 bits per heavy atom. The van der Waals surface area contributed by atoms with Crippen LogP contribution in [-0.2, 0) is 13.7 Å². The minimum absolute atomic E-state index is 0.256. The van der Waals surface area contributed by atoms with Crippen LogP contribution in [0.5, 0.6) is 11.5 Å². The number of aromatic hydroxyl groups is 1. The Hall–Kier alpha value is -2.49. The van der Waals surface area contributed by atoms with Gasteiger partial charge in [0, 0.05) is 12.4 Å². The summed E-state index contributed by atoms with van der Waals surface area (Å²) in [6, 6.07) is 13.2. The van der Waals surface area contributed by atoms with Crippen LogP contribution in [-0.4, -0.2) is 9.67 Å². The second-order valence-corrected chi connectivity index (χ2v) is 4.65. The maximum absolute atomic E-state index is 12.8. The summed E-state index contributed by atoms with van der Waals surface area (Å²) < 4.78 is 20.4. The van der Waals surface area contributed by atoms with Crippen LogP contribution in [0, 0.1) is 5.82 Å². The highest BCUT2D eigenvalue weighted by atomic mass is 19.1. The molecule has 0 atom stereocenters. The lowest BCUT2D eigenvalue weighted by Crippen LogP contribution is -2.01. The Balaban J connectivity index is 1.86. The topological polar surface area (TPSA) is 34.4 Å². The summed E-state index contributed by atoms with van der Waals surface area (Å²) in [6.07, 6.45) is 0. The van der Waals surface area contributed by atoms with Crippen LogP contribution in [0.1, 0.15) is 5.69 Å². The number of rotatable bonds is 3. The number of benzene rings is 2. The summed E-state index contributed by atoms with van der Waals surface area (Å²) in [5.41, 5.74) is 1.88. The van der Waals surface area contributed by atoms with E-state index in [1.54, 1.807) is 18.2 Å². The first-order chi connectivity index (χ1) is 9.65. The number of halogens is 1. The average molecular weight is 271 g/mol. The monoisotopic (exact) mass is 271 g/mol. The number of ether oxygens (including phenoxy) is 1. The zero-order valence-electron chi connectivity index (χ0n) is 11.0. The molecular formula is C16H14FNO2. The van der Waals surface area contributed by atoms with Gasteiger partial charge in [0.15, 0.2) is 0 Å². The molecule has 0 aliphatic carbocycles. The van der Waals surface area contributed by atoms with Crippen molar-refractivity contribution >= 4 is 10.9 Å². The van der Waals surface area contributed by atoms with Crippen molar-refractivity contribution in [2.45, 2.75) is 6.61 Å². The normalized spacial score (nSPS) is 10.9. The van der Waals surface area contributed by atoms with Crippen molar-refractivity contribution in [2.75, 3.05) is 0 Å². The number of fused-ring (bicyclic) bond motifs is 1. The summed E-state index contributed by atoms with van der Waals surface area (Å²) >= 11 is 0. The highest BCUT2D eigenvalue weighted by Crippen LogP contribution is 2.27. The maximum atomic E-state index is 12.8. The molecule has 102 valence electrons. The molecule has 0 fully saturated rings. The van der Waals surface area contributed by atoms with Gasteiger partial charge >= 0.3 is 0 Å². The molecule has 3 aromatic rings. The van der Waals surface area contributed by atoms with E-state index in [0.717, 1.165) is 16.6 Å². The van der Waals surface area contributed by atoms with Gasteiger partial charge in [0.1, 0.15) is 23.9 Å². The minimum Gasteiger partial charge on any atom is -0.507 e. The Bertz CT molecular complexity index is 747. The third-order valence-electron chi connectivity index (χ3n) is 3.36. The molecule has 0 radical (unpaired) electrons. The van der Waals surface area contributed by atoms with Gasteiger partial charge in [0.05, 0.1) is 11.2 Å². The highest BCUT2D eigenvalue weighted by molar-refractivity contribution is 5.87. The summed E-state index contributed by atoms with van der Waals surface area (Å²) in [7, 11) is 1.92. The van der Waals surface area contributed by atoms with Crippen molar-refractivity contribution in [3.8, 4) is 11.5 Å². The van der Waals surface area contributed by atoms with E-state index in [9.17, 15) is 9.50 Å². The van der Waals surface area contributed by atoms with Gasteiger partial charge in [-0.05, 0) is 42.5 Å². The van der Waals surface area contributed by atoms with Crippen molar-refractivity contribution < 1.29 is 14.2 Å². The number of hydrogen-bond donors (Lipinski definition) is 1. The summed E-state index contributed by atoms with van der Waals surface area (Å²) in [5, 5.41) is 10.6. The van der Waals surface area contributed by atoms with Gasteiger partial charge in [-0.1, -0.05) is 6.07 Å². The largest absolute Gasteiger partial charge is 0.507 e. The number of nitrogens with zero attached hydrogens (tertiary/aromatic N) is 1. The molecule has 0 aliphatic heterocycles. The first-order valence-corrected chi connectivity index (χ1v) is 6.30. The van der Waals surface area contributed by atoms with Gasteiger partial charge < -0.3 is 14.4 Å². The standard InChI is InChI=1S/C16H14FNO2/c1-18-12(9-14-15(18)3-2-4-16(14)19)10-20-13-7-5-11(17)6-8-13/h2-9,19H,10H2,1H3. The number of hydrogen-bond acceptors (Lipinski definition) is 2. The minimum atomic E-state index is -0.285. The SMILES string of the molecule is Cn1c(COc2ccc(F)cc2)cc2c(O)cccc21. The van der Waals surface area contributed by atoms with E-state index >= 15 is 0 Å². The fourth-order valence-corrected chi connectivity index (χ4v) is 2.23. The summed E-state index contributed by atoms with van der Waals surface area (Å²) in [5.74, 6) is 0.582. The van der Waals surface area contributed by atoms with Crippen molar-refractivity contribution in [3.05, 3.63) is 60.0 Å².